The lowest BCUT2D eigenvalue weighted by atomic mass is 10.3. The maximum Gasteiger partial charge on any atom is 0.345 e. The van der Waals surface area contributed by atoms with Crippen LogP contribution >= 0.6 is 11.3 Å². The number of oxime groups is 1. The molecule has 0 radical (unpaired) electrons. The molecular formula is C16H15N5O2S. The Morgan fingerprint density at radius 3 is 2.67 bits per heavy atom. The number of ether oxygens (including phenoxy) is 1. The molecular weight excluding hydrogens is 326 g/mol. The zero-order valence-electron chi connectivity index (χ0n) is 13.4. The van der Waals surface area contributed by atoms with Gasteiger partial charge in [-0.3, -0.25) is 4.98 Å². The van der Waals surface area contributed by atoms with Crippen LogP contribution in [0.5, 0.6) is 11.8 Å². The first-order valence-corrected chi connectivity index (χ1v) is 7.95. The van der Waals surface area contributed by atoms with Crippen molar-refractivity contribution in [3.8, 4) is 22.3 Å². The third kappa shape index (κ3) is 3.54. The van der Waals surface area contributed by atoms with Crippen molar-refractivity contribution in [2.75, 3.05) is 7.11 Å². The molecule has 3 aromatic heterocycles. The van der Waals surface area contributed by atoms with Crippen LogP contribution in [-0.2, 0) is 0 Å². The zero-order chi connectivity index (χ0) is 16.9. The van der Waals surface area contributed by atoms with E-state index in [-0.39, 0.29) is 6.01 Å². The van der Waals surface area contributed by atoms with E-state index < -0.39 is 0 Å². The standard InChI is InChI=1S/C16H15N5O2S/c1-10-14(24-15(20-10)12-5-4-6-17-7-12)11(2)21-23-16-18-8-13(22-3)9-19-16/h4-9H,1-3H3/b21-11+. The average molecular weight is 341 g/mol. The molecule has 0 fully saturated rings. The van der Waals surface area contributed by atoms with Gasteiger partial charge in [0.2, 0.25) is 0 Å². The summed E-state index contributed by atoms with van der Waals surface area (Å²) in [6.45, 7) is 3.80. The van der Waals surface area contributed by atoms with Gasteiger partial charge in [0.1, 0.15) is 5.01 Å². The number of hydrogen-bond donors (Lipinski definition) is 0. The summed E-state index contributed by atoms with van der Waals surface area (Å²) < 4.78 is 5.00. The molecule has 24 heavy (non-hydrogen) atoms. The summed E-state index contributed by atoms with van der Waals surface area (Å²) in [5, 5.41) is 4.99. The lowest BCUT2D eigenvalue weighted by molar-refractivity contribution is 0.309. The first-order valence-electron chi connectivity index (χ1n) is 7.13. The number of nitrogens with zero attached hydrogens (tertiary/aromatic N) is 5. The third-order valence-corrected chi connectivity index (χ3v) is 4.45. The zero-order valence-corrected chi connectivity index (χ0v) is 14.2. The molecule has 122 valence electrons. The Balaban J connectivity index is 1.79. The highest BCUT2D eigenvalue weighted by Crippen LogP contribution is 2.27. The lowest BCUT2D eigenvalue weighted by Crippen LogP contribution is -1.99. The number of thiazole rings is 1. The van der Waals surface area contributed by atoms with Crippen molar-refractivity contribution in [3.05, 3.63) is 47.5 Å². The molecule has 7 nitrogen and oxygen atoms in total. The van der Waals surface area contributed by atoms with E-state index in [4.69, 9.17) is 9.57 Å². The van der Waals surface area contributed by atoms with E-state index in [1.54, 1.807) is 19.5 Å². The smallest absolute Gasteiger partial charge is 0.345 e. The minimum atomic E-state index is 0.157. The number of hydrogen-bond acceptors (Lipinski definition) is 8. The van der Waals surface area contributed by atoms with Gasteiger partial charge in [-0.15, -0.1) is 11.3 Å². The highest BCUT2D eigenvalue weighted by atomic mass is 32.1. The van der Waals surface area contributed by atoms with Crippen LogP contribution in [0.25, 0.3) is 10.6 Å². The molecule has 0 bridgehead atoms. The van der Waals surface area contributed by atoms with E-state index in [9.17, 15) is 0 Å². The SMILES string of the molecule is COc1cnc(O/N=C(\C)c2sc(-c3cccnc3)nc2C)nc1. The van der Waals surface area contributed by atoms with Crippen molar-refractivity contribution in [2.24, 2.45) is 5.16 Å². The maximum absolute atomic E-state index is 5.27. The van der Waals surface area contributed by atoms with Gasteiger partial charge in [0, 0.05) is 18.0 Å². The van der Waals surface area contributed by atoms with Crippen molar-refractivity contribution in [3.63, 3.8) is 0 Å². The van der Waals surface area contributed by atoms with Gasteiger partial charge in [0.05, 0.1) is 35.8 Å². The van der Waals surface area contributed by atoms with Crippen LogP contribution in [0.15, 0.2) is 42.1 Å². The highest BCUT2D eigenvalue weighted by molar-refractivity contribution is 7.17. The fourth-order valence-electron chi connectivity index (χ4n) is 1.95. The molecule has 0 saturated heterocycles. The molecule has 0 unspecified atom stereocenters. The predicted octanol–water partition coefficient (Wildman–Crippen LogP) is 3.12. The van der Waals surface area contributed by atoms with Gasteiger partial charge in [-0.05, 0) is 26.0 Å². The van der Waals surface area contributed by atoms with Crippen LogP contribution in [0, 0.1) is 6.92 Å². The minimum Gasteiger partial charge on any atom is -0.494 e. The molecule has 0 aliphatic carbocycles. The molecule has 0 atom stereocenters. The van der Waals surface area contributed by atoms with E-state index >= 15 is 0 Å². The second-order valence-electron chi connectivity index (χ2n) is 4.85. The number of pyridine rings is 1. The predicted molar refractivity (Wildman–Crippen MR) is 91.5 cm³/mol. The monoisotopic (exact) mass is 341 g/mol. The van der Waals surface area contributed by atoms with Crippen LogP contribution in [0.4, 0.5) is 0 Å². The Hall–Kier alpha value is -2.87. The van der Waals surface area contributed by atoms with Crippen molar-refractivity contribution in [2.45, 2.75) is 13.8 Å². The number of methoxy groups -OCH3 is 1. The fourth-order valence-corrected chi connectivity index (χ4v) is 2.95. The van der Waals surface area contributed by atoms with Gasteiger partial charge in [0.25, 0.3) is 0 Å². The van der Waals surface area contributed by atoms with Gasteiger partial charge in [-0.2, -0.15) is 9.97 Å². The van der Waals surface area contributed by atoms with E-state index in [0.717, 1.165) is 21.1 Å². The van der Waals surface area contributed by atoms with Crippen LogP contribution in [-0.4, -0.2) is 32.8 Å². The molecule has 3 heterocycles. The van der Waals surface area contributed by atoms with Crippen molar-refractivity contribution >= 4 is 17.0 Å². The molecule has 8 heteroatoms. The van der Waals surface area contributed by atoms with Gasteiger partial charge in [-0.25, -0.2) is 4.98 Å². The van der Waals surface area contributed by atoms with Crippen molar-refractivity contribution < 1.29 is 9.57 Å². The maximum atomic E-state index is 5.27. The summed E-state index contributed by atoms with van der Waals surface area (Å²) in [4.78, 5) is 22.9. The average Bonchev–Trinajstić information content (AvgIpc) is 3.03. The van der Waals surface area contributed by atoms with Gasteiger partial charge >= 0.3 is 6.01 Å². The van der Waals surface area contributed by atoms with Gasteiger partial charge in [0.15, 0.2) is 5.75 Å². The molecule has 3 aromatic rings. The molecule has 0 aromatic carbocycles. The lowest BCUT2D eigenvalue weighted by Gasteiger charge is -2.00. The Kier molecular flexibility index (Phi) is 4.76. The molecule has 0 spiro atoms. The topological polar surface area (TPSA) is 82.4 Å². The van der Waals surface area contributed by atoms with Gasteiger partial charge < -0.3 is 9.57 Å². The van der Waals surface area contributed by atoms with Crippen LogP contribution in [0.3, 0.4) is 0 Å². The van der Waals surface area contributed by atoms with Crippen molar-refractivity contribution in [1.82, 2.24) is 19.9 Å². The summed E-state index contributed by atoms with van der Waals surface area (Å²) in [5.41, 5.74) is 2.57. The Morgan fingerprint density at radius 1 is 1.21 bits per heavy atom. The largest absolute Gasteiger partial charge is 0.494 e. The summed E-state index contributed by atoms with van der Waals surface area (Å²) >= 11 is 1.54. The normalized spacial score (nSPS) is 11.4. The first kappa shape index (κ1) is 16.0. The van der Waals surface area contributed by atoms with Crippen LogP contribution in [0.1, 0.15) is 17.5 Å². The molecule has 0 N–H and O–H groups in total. The van der Waals surface area contributed by atoms with Crippen molar-refractivity contribution in [1.29, 1.82) is 0 Å². The minimum absolute atomic E-state index is 0.157. The second kappa shape index (κ2) is 7.14. The summed E-state index contributed by atoms with van der Waals surface area (Å²) in [6, 6.07) is 4.02. The summed E-state index contributed by atoms with van der Waals surface area (Å²) in [6.07, 6.45) is 6.56. The van der Waals surface area contributed by atoms with E-state index in [2.05, 4.69) is 25.1 Å². The van der Waals surface area contributed by atoms with E-state index in [1.165, 1.54) is 23.7 Å². The third-order valence-electron chi connectivity index (χ3n) is 3.14. The number of rotatable bonds is 5. The first-order chi connectivity index (χ1) is 11.7. The Morgan fingerprint density at radius 2 is 2.00 bits per heavy atom. The fraction of sp³-hybridized carbons (Fsp3) is 0.188. The highest BCUT2D eigenvalue weighted by Gasteiger charge is 2.12. The van der Waals surface area contributed by atoms with E-state index in [1.807, 2.05) is 26.0 Å². The molecule has 0 aliphatic heterocycles. The quantitative estimate of drug-likeness (QED) is 0.524. The summed E-state index contributed by atoms with van der Waals surface area (Å²) in [7, 11) is 1.55. The second-order valence-corrected chi connectivity index (χ2v) is 5.85. The van der Waals surface area contributed by atoms with Gasteiger partial charge in [-0.1, -0.05) is 5.16 Å². The Labute approximate surface area is 143 Å². The van der Waals surface area contributed by atoms with Crippen LogP contribution in [0.2, 0.25) is 0 Å². The molecule has 0 amide bonds. The number of aromatic nitrogens is 4. The molecule has 0 aliphatic rings. The Bertz CT molecular complexity index is 847. The number of aryl methyl sites for hydroxylation is 1. The summed E-state index contributed by atoms with van der Waals surface area (Å²) in [5.74, 6) is 0.558. The van der Waals surface area contributed by atoms with Crippen LogP contribution < -0.4 is 9.57 Å². The molecule has 3 rings (SSSR count). The molecule has 0 saturated carbocycles. The van der Waals surface area contributed by atoms with E-state index in [0.29, 0.717) is 11.5 Å².